The molecule has 7 rings (SSSR count). The fourth-order valence-electron chi connectivity index (χ4n) is 7.29. The Labute approximate surface area is 306 Å². The summed E-state index contributed by atoms with van der Waals surface area (Å²) >= 11 is 2.94. The number of fused-ring (bicyclic) bond motifs is 3. The first-order valence-electron chi connectivity index (χ1n) is 17.8. The van der Waals surface area contributed by atoms with Crippen molar-refractivity contribution in [2.45, 2.75) is 106 Å². The molecule has 1 fully saturated rings. The van der Waals surface area contributed by atoms with Gasteiger partial charge in [0.05, 0.1) is 11.2 Å². The van der Waals surface area contributed by atoms with Crippen molar-refractivity contribution in [2.75, 3.05) is 5.83 Å². The summed E-state index contributed by atoms with van der Waals surface area (Å²) in [6.45, 7) is 21.6. The second-order valence-corrected chi connectivity index (χ2v) is 15.0. The van der Waals surface area contributed by atoms with Gasteiger partial charge in [-0.1, -0.05) is 94.8 Å². The fourth-order valence-corrected chi connectivity index (χ4v) is 7.29. The van der Waals surface area contributed by atoms with E-state index in [1.54, 1.807) is 0 Å². The van der Waals surface area contributed by atoms with Crippen LogP contribution in [0.15, 0.2) is 78.9 Å². The van der Waals surface area contributed by atoms with Crippen LogP contribution in [0.25, 0.3) is 33.0 Å². The predicted molar refractivity (Wildman–Crippen MR) is 219 cm³/mol. The van der Waals surface area contributed by atoms with Crippen LogP contribution in [0.4, 0.5) is 0 Å². The number of rotatable bonds is 6. The first-order valence-corrected chi connectivity index (χ1v) is 19.4. The van der Waals surface area contributed by atoms with E-state index in [2.05, 4.69) is 164 Å². The molecule has 0 radical (unpaired) electrons. The van der Waals surface area contributed by atoms with Crippen LogP contribution < -0.4 is 0 Å². The zero-order chi connectivity index (χ0) is 35.7. The molecule has 1 heterocycles. The molecule has 0 N–H and O–H groups in total. The summed E-state index contributed by atoms with van der Waals surface area (Å²) in [5.74, 6) is 1.81. The van der Waals surface area contributed by atoms with Gasteiger partial charge >= 0.3 is 7.12 Å². The quantitative estimate of drug-likeness (QED) is 0.126. The second kappa shape index (κ2) is 15.0. The molecule has 0 bridgehead atoms. The minimum atomic E-state index is -0.226. The maximum atomic E-state index is 6.06. The number of aryl methyl sites for hydroxylation is 9. The molecule has 0 unspecified atom stereocenters. The average molecular weight is 721 g/mol. The molecule has 1 saturated heterocycles. The maximum absolute atomic E-state index is 6.06. The van der Waals surface area contributed by atoms with Crippen molar-refractivity contribution < 1.29 is 10.7 Å². The van der Waals surface area contributed by atoms with Gasteiger partial charge in [0, 0.05) is 1.43 Å². The Kier molecular flexibility index (Phi) is 11.3. The van der Waals surface area contributed by atoms with Gasteiger partial charge in [0.25, 0.3) is 0 Å². The molecule has 4 heteroatoms. The van der Waals surface area contributed by atoms with E-state index in [4.69, 9.17) is 9.31 Å². The van der Waals surface area contributed by atoms with E-state index in [9.17, 15) is 0 Å². The summed E-state index contributed by atoms with van der Waals surface area (Å²) in [7, 11) is -0.0963. The molecule has 2 nitrogen and oxygen atoms in total. The Morgan fingerprint density at radius 3 is 1.51 bits per heavy atom. The van der Waals surface area contributed by atoms with Crippen molar-refractivity contribution in [3.8, 4) is 22.3 Å². The van der Waals surface area contributed by atoms with Crippen molar-refractivity contribution in [2.24, 2.45) is 0 Å². The Balaban J connectivity index is 0.000000219. The van der Waals surface area contributed by atoms with Crippen LogP contribution in [0.1, 0.15) is 79.2 Å². The molecule has 0 amide bonds. The van der Waals surface area contributed by atoms with Crippen LogP contribution in [-0.2, 0) is 28.6 Å². The molecule has 5 aromatic carbocycles. The summed E-state index contributed by atoms with van der Waals surface area (Å²) < 4.78 is 12.1. The summed E-state index contributed by atoms with van der Waals surface area (Å²) in [6.07, 6.45) is 4.10. The first-order chi connectivity index (χ1) is 23.3. The highest BCUT2D eigenvalue weighted by Crippen LogP contribution is 2.47. The third-order valence-corrected chi connectivity index (χ3v) is 11.2. The molecule has 258 valence electrons. The lowest BCUT2D eigenvalue weighted by Crippen LogP contribution is -2.41. The number of hydrogen-bond donors (Lipinski definition) is 0. The Morgan fingerprint density at radius 2 is 0.959 bits per heavy atom. The van der Waals surface area contributed by atoms with Gasteiger partial charge in [0.2, 0.25) is 0 Å². The molecular weight excluding hydrogens is 663 g/mol. The smallest absolute Gasteiger partial charge is 0.403 e. The molecule has 0 saturated carbocycles. The van der Waals surface area contributed by atoms with Gasteiger partial charge in [-0.2, -0.15) is 0 Å². The van der Waals surface area contributed by atoms with E-state index in [1.165, 1.54) is 83.1 Å². The molecular formula is C45H56BBrO2. The molecule has 0 spiro atoms. The lowest BCUT2D eigenvalue weighted by molar-refractivity contribution is 0.00578. The number of benzene rings is 5. The van der Waals surface area contributed by atoms with Crippen LogP contribution >= 0.6 is 15.9 Å². The number of halogens is 1. The molecule has 1 aliphatic heterocycles. The molecule has 5 aromatic rings. The first kappa shape index (κ1) is 37.1. The lowest BCUT2D eigenvalue weighted by Gasteiger charge is -2.32. The second-order valence-electron chi connectivity index (χ2n) is 15.0. The Bertz CT molecular complexity index is 1930. The van der Waals surface area contributed by atoms with Gasteiger partial charge in [-0.15, -0.1) is 0 Å². The summed E-state index contributed by atoms with van der Waals surface area (Å²) in [6, 6.07) is 29.5. The van der Waals surface area contributed by atoms with E-state index in [1.807, 2.05) is 5.83 Å². The summed E-state index contributed by atoms with van der Waals surface area (Å²) in [5, 5.41) is 2.86. The van der Waals surface area contributed by atoms with Gasteiger partial charge in [-0.25, -0.2) is 0 Å². The highest BCUT2D eigenvalue weighted by molar-refractivity contribution is 9.08. The summed E-state index contributed by atoms with van der Waals surface area (Å²) in [5.41, 5.74) is 17.7. The van der Waals surface area contributed by atoms with Crippen LogP contribution in [0.5, 0.6) is 0 Å². The van der Waals surface area contributed by atoms with E-state index >= 15 is 0 Å². The van der Waals surface area contributed by atoms with E-state index in [0.29, 0.717) is 0 Å². The van der Waals surface area contributed by atoms with Gasteiger partial charge in [-0.3, -0.25) is 0 Å². The zero-order valence-electron chi connectivity index (χ0n) is 31.6. The monoisotopic (exact) mass is 719 g/mol. The number of hydrogen-bond acceptors (Lipinski definition) is 2. The predicted octanol–water partition coefficient (Wildman–Crippen LogP) is 12.7. The standard InChI is InChI=1S/C27H24.C17H27BO2.CH3Br.H2/c1-17-15-19(3)21(16-18(17)2)12-11-20-13-14-26-24-8-5-4-7-23(24)25-10-6-9-22(20)27(25)26;1-12-10-14(3)15(11-13(12)2)8-9-18-19-16(4,5)17(6,7)20-18;1-2;/h4-10,13-16H,11-12H2,1-3H3;10-11H,8-9H2,1-7H3;1H3;1H/i;;;1+1. The molecule has 49 heavy (non-hydrogen) atoms. The highest BCUT2D eigenvalue weighted by Gasteiger charge is 2.50. The highest BCUT2D eigenvalue weighted by atomic mass is 79.9. The maximum Gasteiger partial charge on any atom is 0.458 e. The van der Waals surface area contributed by atoms with Gasteiger partial charge in [0.1, 0.15) is 0 Å². The SMILES string of the molecule is CBr.Cc1cc(C)c(CCB2OC(C)(C)C(C)(C)O2)cc1C.Cc1cc(C)c(CCc2ccc3c4c(cccc24)-c2ccccc2-3)cc1C.[2HH]. The average Bonchev–Trinajstić information content (AvgIpc) is 3.50. The fraction of sp³-hybridized carbons (Fsp3) is 0.378. The molecule has 0 atom stereocenters. The third-order valence-electron chi connectivity index (χ3n) is 11.2. The minimum absolute atomic E-state index is 0. The van der Waals surface area contributed by atoms with Crippen molar-refractivity contribution in [1.82, 2.24) is 0 Å². The molecule has 2 aliphatic rings. The topological polar surface area (TPSA) is 18.5 Å². The molecule has 1 aliphatic carbocycles. The van der Waals surface area contributed by atoms with Gasteiger partial charge < -0.3 is 9.31 Å². The van der Waals surface area contributed by atoms with E-state index in [-0.39, 0.29) is 19.7 Å². The minimum Gasteiger partial charge on any atom is -0.403 e. The van der Waals surface area contributed by atoms with E-state index < -0.39 is 0 Å². The van der Waals surface area contributed by atoms with Crippen molar-refractivity contribution in [3.05, 3.63) is 129 Å². The van der Waals surface area contributed by atoms with Crippen molar-refractivity contribution >= 4 is 33.8 Å². The van der Waals surface area contributed by atoms with Gasteiger partial charge in [-0.05, 0) is 184 Å². The van der Waals surface area contributed by atoms with Crippen molar-refractivity contribution in [3.63, 3.8) is 0 Å². The Hall–Kier alpha value is -3.18. The molecule has 0 aromatic heterocycles. The van der Waals surface area contributed by atoms with Crippen molar-refractivity contribution in [1.29, 1.82) is 0 Å². The van der Waals surface area contributed by atoms with Gasteiger partial charge in [0.15, 0.2) is 0 Å². The third kappa shape index (κ3) is 7.63. The lowest BCUT2D eigenvalue weighted by atomic mass is 9.80. The number of alkyl halides is 1. The zero-order valence-corrected chi connectivity index (χ0v) is 33.2. The summed E-state index contributed by atoms with van der Waals surface area (Å²) in [4.78, 5) is 0. The van der Waals surface area contributed by atoms with Crippen LogP contribution in [0.3, 0.4) is 0 Å². The van der Waals surface area contributed by atoms with E-state index in [0.717, 1.165) is 25.6 Å². The largest absolute Gasteiger partial charge is 0.458 e. The Morgan fingerprint density at radius 1 is 0.510 bits per heavy atom. The normalized spacial score (nSPS) is 15.0. The van der Waals surface area contributed by atoms with Crippen LogP contribution in [0, 0.1) is 41.5 Å². The van der Waals surface area contributed by atoms with Crippen LogP contribution in [0.2, 0.25) is 6.32 Å². The van der Waals surface area contributed by atoms with Crippen LogP contribution in [-0.4, -0.2) is 24.2 Å².